The number of likely N-dealkylation sites (N-methyl/N-ethyl adjacent to an activating group) is 1. The Morgan fingerprint density at radius 1 is 1.00 bits per heavy atom. The van der Waals surface area contributed by atoms with Crippen molar-refractivity contribution in [3.05, 3.63) is 0 Å². The maximum Gasteiger partial charge on any atom is 0.0220 e. The minimum Gasteiger partial charge on any atom is -0.315 e. The van der Waals surface area contributed by atoms with Crippen LogP contribution < -0.4 is 5.32 Å². The first kappa shape index (κ1) is 15.3. The molecule has 1 N–H and O–H groups in total. The van der Waals surface area contributed by atoms with Gasteiger partial charge in [-0.2, -0.15) is 0 Å². The smallest absolute Gasteiger partial charge is 0.0220 e. The summed E-state index contributed by atoms with van der Waals surface area (Å²) in [6.07, 6.45) is 13.1. The van der Waals surface area contributed by atoms with Crippen LogP contribution >= 0.6 is 0 Å². The number of likely N-dealkylation sites (tertiary alicyclic amines) is 1. The van der Waals surface area contributed by atoms with Crippen molar-refractivity contribution >= 4 is 0 Å². The largest absolute Gasteiger partial charge is 0.315 e. The van der Waals surface area contributed by atoms with Gasteiger partial charge in [-0.3, -0.25) is 4.90 Å². The average Bonchev–Trinajstić information content (AvgIpc) is 2.45. The molecule has 2 nitrogen and oxygen atoms in total. The van der Waals surface area contributed by atoms with E-state index in [2.05, 4.69) is 24.1 Å². The summed E-state index contributed by atoms with van der Waals surface area (Å²) in [7, 11) is 0. The van der Waals surface area contributed by atoms with Crippen molar-refractivity contribution in [2.75, 3.05) is 26.2 Å². The summed E-state index contributed by atoms with van der Waals surface area (Å²) in [5, 5.41) is 3.56. The standard InChI is InChI=1S/C17H34N2/c1-3-8-16(15-18-4-2)19-13-11-17(12-14-19)9-6-5-7-10-17/h16,18H,3-15H2,1-2H3. The van der Waals surface area contributed by atoms with Crippen LogP contribution in [0.15, 0.2) is 0 Å². The van der Waals surface area contributed by atoms with E-state index in [1.54, 1.807) is 0 Å². The first-order valence-electron chi connectivity index (χ1n) is 8.74. The lowest BCUT2D eigenvalue weighted by atomic mass is 9.68. The van der Waals surface area contributed by atoms with Crippen molar-refractivity contribution in [1.82, 2.24) is 10.2 Å². The van der Waals surface area contributed by atoms with E-state index in [9.17, 15) is 0 Å². The zero-order valence-electron chi connectivity index (χ0n) is 13.2. The summed E-state index contributed by atoms with van der Waals surface area (Å²) in [5.74, 6) is 0. The predicted octanol–water partition coefficient (Wildman–Crippen LogP) is 3.81. The first-order valence-corrected chi connectivity index (χ1v) is 8.74. The molecule has 112 valence electrons. The molecule has 1 aliphatic heterocycles. The normalized spacial score (nSPS) is 25.6. The van der Waals surface area contributed by atoms with E-state index in [1.807, 2.05) is 0 Å². The van der Waals surface area contributed by atoms with Crippen molar-refractivity contribution in [2.24, 2.45) is 5.41 Å². The van der Waals surface area contributed by atoms with Crippen molar-refractivity contribution in [3.8, 4) is 0 Å². The number of rotatable bonds is 6. The SMILES string of the molecule is CCCC(CNCC)N1CCC2(CCCCC2)CC1. The summed E-state index contributed by atoms with van der Waals surface area (Å²) < 4.78 is 0. The molecule has 2 heteroatoms. The number of hydrogen-bond donors (Lipinski definition) is 1. The molecule has 0 aromatic carbocycles. The van der Waals surface area contributed by atoms with Crippen LogP contribution in [0.1, 0.15) is 71.6 Å². The lowest BCUT2D eigenvalue weighted by molar-refractivity contribution is 0.0426. The molecule has 0 aromatic heterocycles. The Bertz CT molecular complexity index is 236. The van der Waals surface area contributed by atoms with Crippen LogP contribution in [0, 0.1) is 5.41 Å². The molecule has 0 amide bonds. The minimum absolute atomic E-state index is 0.754. The van der Waals surface area contributed by atoms with Crippen molar-refractivity contribution in [1.29, 1.82) is 0 Å². The number of nitrogens with zero attached hydrogens (tertiary/aromatic N) is 1. The maximum absolute atomic E-state index is 3.56. The third-order valence-corrected chi connectivity index (χ3v) is 5.54. The topological polar surface area (TPSA) is 15.3 Å². The zero-order valence-corrected chi connectivity index (χ0v) is 13.2. The van der Waals surface area contributed by atoms with E-state index in [0.29, 0.717) is 0 Å². The van der Waals surface area contributed by atoms with Gasteiger partial charge in [-0.05, 0) is 57.2 Å². The Morgan fingerprint density at radius 3 is 2.26 bits per heavy atom. The predicted molar refractivity (Wildman–Crippen MR) is 83.6 cm³/mol. The molecule has 2 aliphatic rings. The number of hydrogen-bond acceptors (Lipinski definition) is 2. The van der Waals surface area contributed by atoms with Gasteiger partial charge in [-0.25, -0.2) is 0 Å². The Balaban J connectivity index is 1.82. The fraction of sp³-hybridized carbons (Fsp3) is 1.00. The lowest BCUT2D eigenvalue weighted by Gasteiger charge is -2.46. The van der Waals surface area contributed by atoms with Crippen LogP contribution in [0.2, 0.25) is 0 Å². The molecule has 1 saturated carbocycles. The molecule has 0 radical (unpaired) electrons. The Hall–Kier alpha value is -0.0800. The molecule has 2 rings (SSSR count). The molecule has 1 atom stereocenters. The van der Waals surface area contributed by atoms with Crippen LogP contribution in [0.3, 0.4) is 0 Å². The van der Waals surface area contributed by atoms with Crippen molar-refractivity contribution < 1.29 is 0 Å². The summed E-state index contributed by atoms with van der Waals surface area (Å²) in [5.41, 5.74) is 0.754. The Labute approximate surface area is 120 Å². The van der Waals surface area contributed by atoms with Gasteiger partial charge < -0.3 is 5.32 Å². The number of piperidine rings is 1. The van der Waals surface area contributed by atoms with E-state index < -0.39 is 0 Å². The van der Waals surface area contributed by atoms with E-state index in [0.717, 1.165) is 18.0 Å². The van der Waals surface area contributed by atoms with Gasteiger partial charge >= 0.3 is 0 Å². The highest BCUT2D eigenvalue weighted by atomic mass is 15.2. The van der Waals surface area contributed by atoms with Gasteiger partial charge in [-0.1, -0.05) is 39.5 Å². The summed E-state index contributed by atoms with van der Waals surface area (Å²) in [6, 6.07) is 0.783. The summed E-state index contributed by atoms with van der Waals surface area (Å²) in [4.78, 5) is 2.78. The highest BCUT2D eigenvalue weighted by molar-refractivity contribution is 4.90. The van der Waals surface area contributed by atoms with Gasteiger partial charge in [0, 0.05) is 12.6 Å². The van der Waals surface area contributed by atoms with Gasteiger partial charge in [0.15, 0.2) is 0 Å². The summed E-state index contributed by atoms with van der Waals surface area (Å²) in [6.45, 7) is 9.56. The average molecular weight is 266 g/mol. The van der Waals surface area contributed by atoms with E-state index in [-0.39, 0.29) is 0 Å². The number of nitrogens with one attached hydrogen (secondary N) is 1. The fourth-order valence-corrected chi connectivity index (χ4v) is 4.22. The van der Waals surface area contributed by atoms with Crippen LogP contribution in [0.4, 0.5) is 0 Å². The molecule has 0 bridgehead atoms. The molecule has 1 aliphatic carbocycles. The van der Waals surface area contributed by atoms with Crippen LogP contribution in [0.25, 0.3) is 0 Å². The molecular weight excluding hydrogens is 232 g/mol. The third kappa shape index (κ3) is 4.19. The zero-order chi connectivity index (χ0) is 13.6. The monoisotopic (exact) mass is 266 g/mol. The van der Waals surface area contributed by atoms with Crippen LogP contribution in [-0.2, 0) is 0 Å². The maximum atomic E-state index is 3.56. The molecule has 1 unspecified atom stereocenters. The van der Waals surface area contributed by atoms with Crippen molar-refractivity contribution in [3.63, 3.8) is 0 Å². The third-order valence-electron chi connectivity index (χ3n) is 5.54. The van der Waals surface area contributed by atoms with E-state index >= 15 is 0 Å². The van der Waals surface area contributed by atoms with E-state index in [1.165, 1.54) is 77.4 Å². The van der Waals surface area contributed by atoms with E-state index in [4.69, 9.17) is 0 Å². The minimum atomic E-state index is 0.754. The second-order valence-electron chi connectivity index (χ2n) is 6.85. The molecule has 1 saturated heterocycles. The fourth-order valence-electron chi connectivity index (χ4n) is 4.22. The second kappa shape index (κ2) is 7.64. The lowest BCUT2D eigenvalue weighted by Crippen LogP contribution is -2.49. The highest BCUT2D eigenvalue weighted by Crippen LogP contribution is 2.44. The quantitative estimate of drug-likeness (QED) is 0.786. The van der Waals surface area contributed by atoms with Gasteiger partial charge in [0.2, 0.25) is 0 Å². The second-order valence-corrected chi connectivity index (χ2v) is 6.85. The molecule has 1 spiro atoms. The van der Waals surface area contributed by atoms with Gasteiger partial charge in [0.05, 0.1) is 0 Å². The van der Waals surface area contributed by atoms with Gasteiger partial charge in [-0.15, -0.1) is 0 Å². The Morgan fingerprint density at radius 2 is 1.68 bits per heavy atom. The van der Waals surface area contributed by atoms with Gasteiger partial charge in [0.1, 0.15) is 0 Å². The highest BCUT2D eigenvalue weighted by Gasteiger charge is 2.36. The molecule has 0 aromatic rings. The Kier molecular flexibility index (Phi) is 6.15. The molecule has 19 heavy (non-hydrogen) atoms. The van der Waals surface area contributed by atoms with Crippen molar-refractivity contribution in [2.45, 2.75) is 77.7 Å². The summed E-state index contributed by atoms with van der Waals surface area (Å²) >= 11 is 0. The first-order chi connectivity index (χ1) is 9.29. The van der Waals surface area contributed by atoms with Gasteiger partial charge in [0.25, 0.3) is 0 Å². The van der Waals surface area contributed by atoms with Crippen LogP contribution in [-0.4, -0.2) is 37.1 Å². The molecule has 2 fully saturated rings. The molecule has 1 heterocycles. The molecular formula is C17H34N2. The van der Waals surface area contributed by atoms with Crippen LogP contribution in [0.5, 0.6) is 0 Å².